The molecule has 0 aliphatic rings. The molecule has 2 nitrogen and oxygen atoms in total. The third-order valence-corrected chi connectivity index (χ3v) is 2.62. The van der Waals surface area contributed by atoms with Gasteiger partial charge in [0, 0.05) is 13.1 Å². The zero-order valence-electron chi connectivity index (χ0n) is 10.4. The highest BCUT2D eigenvalue weighted by Crippen LogP contribution is 2.08. The minimum Gasteiger partial charge on any atom is -0.330 e. The van der Waals surface area contributed by atoms with Gasteiger partial charge in [-0.2, -0.15) is 0 Å². The van der Waals surface area contributed by atoms with Crippen molar-refractivity contribution in [2.45, 2.75) is 40.5 Å². The Hall–Kier alpha value is -0.0800. The first kappa shape index (κ1) is 13.9. The zero-order chi connectivity index (χ0) is 11.0. The fourth-order valence-corrected chi connectivity index (χ4v) is 1.91. The first-order valence-electron chi connectivity index (χ1n) is 6.06. The maximum absolute atomic E-state index is 5.77. The van der Waals surface area contributed by atoms with Gasteiger partial charge in [-0.3, -0.25) is 0 Å². The molecule has 0 heterocycles. The summed E-state index contributed by atoms with van der Waals surface area (Å²) in [6, 6.07) is 0. The Morgan fingerprint density at radius 3 is 2.14 bits per heavy atom. The van der Waals surface area contributed by atoms with Gasteiger partial charge in [0.1, 0.15) is 0 Å². The lowest BCUT2D eigenvalue weighted by atomic mass is 10.0. The molecule has 86 valence electrons. The molecule has 0 radical (unpaired) electrons. The molecular formula is C12H28N2. The summed E-state index contributed by atoms with van der Waals surface area (Å²) in [5.74, 6) is 1.45. The van der Waals surface area contributed by atoms with Gasteiger partial charge in [-0.15, -0.1) is 0 Å². The predicted molar refractivity (Wildman–Crippen MR) is 64.4 cm³/mol. The second kappa shape index (κ2) is 8.25. The van der Waals surface area contributed by atoms with Gasteiger partial charge in [-0.1, -0.05) is 34.1 Å². The normalized spacial score (nSPS) is 13.9. The number of hydrogen-bond donors (Lipinski definition) is 1. The molecule has 0 amide bonds. The fraction of sp³-hybridized carbons (Fsp3) is 1.00. The van der Waals surface area contributed by atoms with Crippen LogP contribution in [-0.2, 0) is 0 Å². The van der Waals surface area contributed by atoms with Crippen molar-refractivity contribution in [2.75, 3.05) is 26.2 Å². The van der Waals surface area contributed by atoms with E-state index in [0.29, 0.717) is 5.92 Å². The lowest BCUT2D eigenvalue weighted by Crippen LogP contribution is -2.35. The average molecular weight is 200 g/mol. The van der Waals surface area contributed by atoms with Crippen molar-refractivity contribution in [1.29, 1.82) is 0 Å². The van der Waals surface area contributed by atoms with Gasteiger partial charge in [-0.05, 0) is 31.3 Å². The van der Waals surface area contributed by atoms with Crippen molar-refractivity contribution in [3.05, 3.63) is 0 Å². The zero-order valence-corrected chi connectivity index (χ0v) is 10.4. The summed E-state index contributed by atoms with van der Waals surface area (Å²) in [6.07, 6.45) is 2.52. The summed E-state index contributed by atoms with van der Waals surface area (Å²) in [5, 5.41) is 0. The van der Waals surface area contributed by atoms with Crippen LogP contribution >= 0.6 is 0 Å². The smallest absolute Gasteiger partial charge is 0.00217 e. The van der Waals surface area contributed by atoms with Crippen molar-refractivity contribution < 1.29 is 0 Å². The van der Waals surface area contributed by atoms with Crippen molar-refractivity contribution in [2.24, 2.45) is 17.6 Å². The van der Waals surface area contributed by atoms with E-state index in [0.717, 1.165) is 19.0 Å². The van der Waals surface area contributed by atoms with E-state index in [4.69, 9.17) is 5.73 Å². The van der Waals surface area contributed by atoms with E-state index < -0.39 is 0 Å². The van der Waals surface area contributed by atoms with Crippen molar-refractivity contribution in [3.63, 3.8) is 0 Å². The van der Waals surface area contributed by atoms with Gasteiger partial charge in [0.05, 0.1) is 0 Å². The first-order valence-corrected chi connectivity index (χ1v) is 6.06. The molecule has 0 aromatic heterocycles. The van der Waals surface area contributed by atoms with Crippen LogP contribution in [0.4, 0.5) is 0 Å². The highest BCUT2D eigenvalue weighted by molar-refractivity contribution is 4.67. The molecule has 0 bridgehead atoms. The molecule has 1 atom stereocenters. The summed E-state index contributed by atoms with van der Waals surface area (Å²) < 4.78 is 0. The Morgan fingerprint density at radius 2 is 1.79 bits per heavy atom. The molecule has 2 N–H and O–H groups in total. The maximum atomic E-state index is 5.77. The van der Waals surface area contributed by atoms with Gasteiger partial charge >= 0.3 is 0 Å². The largest absolute Gasteiger partial charge is 0.330 e. The molecule has 14 heavy (non-hydrogen) atoms. The molecule has 0 aromatic carbocycles. The SMILES string of the molecule is CCCC(CN)CN(CC)CC(C)C. The molecule has 2 heteroatoms. The standard InChI is InChI=1S/C12H28N2/c1-5-7-12(8-13)10-14(6-2)9-11(3)4/h11-12H,5-10,13H2,1-4H3. The van der Waals surface area contributed by atoms with Crippen LogP contribution in [0.3, 0.4) is 0 Å². The van der Waals surface area contributed by atoms with Crippen LogP contribution in [0.15, 0.2) is 0 Å². The Balaban J connectivity index is 3.87. The molecule has 0 rings (SSSR count). The number of nitrogens with two attached hydrogens (primary N) is 1. The number of hydrogen-bond acceptors (Lipinski definition) is 2. The summed E-state index contributed by atoms with van der Waals surface area (Å²) in [4.78, 5) is 2.53. The van der Waals surface area contributed by atoms with Gasteiger partial charge in [0.15, 0.2) is 0 Å². The van der Waals surface area contributed by atoms with E-state index in [1.165, 1.54) is 25.9 Å². The second-order valence-corrected chi connectivity index (χ2v) is 4.64. The molecular weight excluding hydrogens is 172 g/mol. The lowest BCUT2D eigenvalue weighted by molar-refractivity contribution is 0.214. The average Bonchev–Trinajstić information content (AvgIpc) is 2.15. The molecule has 0 spiro atoms. The molecule has 0 aliphatic heterocycles. The van der Waals surface area contributed by atoms with E-state index in [2.05, 4.69) is 32.6 Å². The Labute approximate surface area is 89.9 Å². The van der Waals surface area contributed by atoms with Crippen LogP contribution in [0.5, 0.6) is 0 Å². The Bertz CT molecular complexity index is 123. The number of nitrogens with zero attached hydrogens (tertiary/aromatic N) is 1. The maximum Gasteiger partial charge on any atom is 0.00217 e. The van der Waals surface area contributed by atoms with E-state index in [1.54, 1.807) is 0 Å². The van der Waals surface area contributed by atoms with E-state index in [-0.39, 0.29) is 0 Å². The van der Waals surface area contributed by atoms with Crippen LogP contribution < -0.4 is 5.73 Å². The van der Waals surface area contributed by atoms with Crippen LogP contribution in [0.2, 0.25) is 0 Å². The lowest BCUT2D eigenvalue weighted by Gasteiger charge is -2.27. The number of rotatable bonds is 8. The van der Waals surface area contributed by atoms with Gasteiger partial charge in [-0.25, -0.2) is 0 Å². The molecule has 0 aromatic rings. The second-order valence-electron chi connectivity index (χ2n) is 4.64. The minimum absolute atomic E-state index is 0.693. The molecule has 0 fully saturated rings. The third kappa shape index (κ3) is 6.39. The Kier molecular flexibility index (Phi) is 8.20. The summed E-state index contributed by atoms with van der Waals surface area (Å²) in [7, 11) is 0. The minimum atomic E-state index is 0.693. The third-order valence-electron chi connectivity index (χ3n) is 2.62. The molecule has 0 saturated heterocycles. The quantitative estimate of drug-likeness (QED) is 0.651. The first-order chi connectivity index (χ1) is 6.63. The van der Waals surface area contributed by atoms with E-state index in [9.17, 15) is 0 Å². The molecule has 1 unspecified atom stereocenters. The van der Waals surface area contributed by atoms with Crippen molar-refractivity contribution in [1.82, 2.24) is 4.90 Å². The van der Waals surface area contributed by atoms with E-state index in [1.807, 2.05) is 0 Å². The molecule has 0 aliphatic carbocycles. The van der Waals surface area contributed by atoms with Crippen LogP contribution in [0.1, 0.15) is 40.5 Å². The summed E-state index contributed by atoms with van der Waals surface area (Å²) in [6.45, 7) is 13.4. The fourth-order valence-electron chi connectivity index (χ4n) is 1.91. The van der Waals surface area contributed by atoms with Crippen LogP contribution in [0, 0.1) is 11.8 Å². The van der Waals surface area contributed by atoms with Crippen LogP contribution in [0.25, 0.3) is 0 Å². The van der Waals surface area contributed by atoms with Crippen molar-refractivity contribution >= 4 is 0 Å². The summed E-state index contributed by atoms with van der Waals surface area (Å²) >= 11 is 0. The predicted octanol–water partition coefficient (Wildman–Crippen LogP) is 2.34. The highest BCUT2D eigenvalue weighted by atomic mass is 15.1. The van der Waals surface area contributed by atoms with Crippen LogP contribution in [-0.4, -0.2) is 31.1 Å². The monoisotopic (exact) mass is 200 g/mol. The highest BCUT2D eigenvalue weighted by Gasteiger charge is 2.11. The van der Waals surface area contributed by atoms with Gasteiger partial charge in [0.2, 0.25) is 0 Å². The van der Waals surface area contributed by atoms with E-state index >= 15 is 0 Å². The molecule has 0 saturated carbocycles. The van der Waals surface area contributed by atoms with Gasteiger partial charge < -0.3 is 10.6 Å². The summed E-state index contributed by atoms with van der Waals surface area (Å²) in [5.41, 5.74) is 5.77. The topological polar surface area (TPSA) is 29.3 Å². The van der Waals surface area contributed by atoms with Gasteiger partial charge in [0.25, 0.3) is 0 Å². The Morgan fingerprint density at radius 1 is 1.14 bits per heavy atom. The van der Waals surface area contributed by atoms with Crippen molar-refractivity contribution in [3.8, 4) is 0 Å².